The van der Waals surface area contributed by atoms with E-state index in [-0.39, 0.29) is 6.61 Å². The van der Waals surface area contributed by atoms with Crippen molar-refractivity contribution in [2.24, 2.45) is 0 Å². The number of aliphatic hydroxyl groups is 1. The van der Waals surface area contributed by atoms with Crippen molar-refractivity contribution in [2.75, 3.05) is 13.2 Å². The van der Waals surface area contributed by atoms with Crippen LogP contribution >= 0.6 is 0 Å². The van der Waals surface area contributed by atoms with Crippen LogP contribution in [0.25, 0.3) is 5.69 Å². The van der Waals surface area contributed by atoms with Crippen molar-refractivity contribution in [3.8, 4) is 5.69 Å². The molecule has 2 aromatic rings. The van der Waals surface area contributed by atoms with Gasteiger partial charge in [0.1, 0.15) is 0 Å². The van der Waals surface area contributed by atoms with Gasteiger partial charge in [-0.1, -0.05) is 18.6 Å². The third kappa shape index (κ3) is 2.76. The van der Waals surface area contributed by atoms with E-state index in [1.54, 1.807) is 0 Å². The topological polar surface area (TPSA) is 50.1 Å². The maximum atomic E-state index is 8.96. The van der Waals surface area contributed by atoms with Gasteiger partial charge in [-0.15, -0.1) is 0 Å². The zero-order valence-corrected chi connectivity index (χ0v) is 11.6. The minimum atomic E-state index is 0.196. The first-order valence-electron chi connectivity index (χ1n) is 7.34. The molecule has 3 rings (SSSR count). The van der Waals surface area contributed by atoms with E-state index in [1.807, 2.05) is 12.5 Å². The Hall–Kier alpha value is -1.65. The Kier molecular flexibility index (Phi) is 4.14. The zero-order valence-electron chi connectivity index (χ0n) is 11.6. The first-order chi connectivity index (χ1) is 9.88. The summed E-state index contributed by atoms with van der Waals surface area (Å²) in [4.78, 5) is 4.32. The highest BCUT2D eigenvalue weighted by Gasteiger charge is 2.18. The van der Waals surface area contributed by atoms with E-state index in [0.717, 1.165) is 17.8 Å². The van der Waals surface area contributed by atoms with Gasteiger partial charge in [-0.05, 0) is 43.5 Å². The molecule has 4 nitrogen and oxygen atoms in total. The molecule has 1 unspecified atom stereocenters. The van der Waals surface area contributed by atoms with Crippen LogP contribution < -0.4 is 5.32 Å². The van der Waals surface area contributed by atoms with Gasteiger partial charge in [0.05, 0.1) is 18.2 Å². The van der Waals surface area contributed by atoms with Crippen LogP contribution in [0.4, 0.5) is 0 Å². The lowest BCUT2D eigenvalue weighted by molar-refractivity contribution is 0.299. The maximum Gasteiger partial charge on any atom is 0.0994 e. The highest BCUT2D eigenvalue weighted by Crippen LogP contribution is 2.25. The van der Waals surface area contributed by atoms with Crippen molar-refractivity contribution < 1.29 is 5.11 Å². The zero-order chi connectivity index (χ0) is 13.8. The van der Waals surface area contributed by atoms with Crippen LogP contribution in [0.1, 0.15) is 36.6 Å². The second kappa shape index (κ2) is 6.20. The van der Waals surface area contributed by atoms with Gasteiger partial charge in [0.25, 0.3) is 0 Å². The summed E-state index contributed by atoms with van der Waals surface area (Å²) in [7, 11) is 0. The molecule has 0 radical (unpaired) electrons. The average Bonchev–Trinajstić information content (AvgIpc) is 2.99. The molecule has 0 amide bonds. The number of benzene rings is 1. The van der Waals surface area contributed by atoms with Gasteiger partial charge in [0, 0.05) is 18.3 Å². The number of nitrogens with one attached hydrogen (secondary N) is 1. The van der Waals surface area contributed by atoms with E-state index in [4.69, 9.17) is 5.11 Å². The third-order valence-electron chi connectivity index (χ3n) is 3.95. The van der Waals surface area contributed by atoms with E-state index in [1.165, 1.54) is 25.0 Å². The van der Waals surface area contributed by atoms with E-state index in [0.29, 0.717) is 12.5 Å². The highest BCUT2D eigenvalue weighted by atomic mass is 16.2. The van der Waals surface area contributed by atoms with Gasteiger partial charge in [0.2, 0.25) is 0 Å². The predicted octanol–water partition coefficient (Wildman–Crippen LogP) is 2.22. The fourth-order valence-corrected chi connectivity index (χ4v) is 2.84. The van der Waals surface area contributed by atoms with Gasteiger partial charge in [-0.3, -0.25) is 0 Å². The average molecular weight is 271 g/mol. The molecule has 1 saturated heterocycles. The lowest BCUT2D eigenvalue weighted by Crippen LogP contribution is -2.28. The summed E-state index contributed by atoms with van der Waals surface area (Å²) in [6.07, 6.45) is 8.27. The first kappa shape index (κ1) is 13.3. The number of nitrogens with zero attached hydrogens (tertiary/aromatic N) is 2. The van der Waals surface area contributed by atoms with Crippen LogP contribution in [0.2, 0.25) is 0 Å². The minimum absolute atomic E-state index is 0.196. The van der Waals surface area contributed by atoms with Crippen molar-refractivity contribution in [3.63, 3.8) is 0 Å². The number of imidazole rings is 1. The predicted molar refractivity (Wildman–Crippen MR) is 78.9 cm³/mol. The molecule has 1 aromatic carbocycles. The Bertz CT molecular complexity index is 541. The summed E-state index contributed by atoms with van der Waals surface area (Å²) >= 11 is 0. The van der Waals surface area contributed by atoms with Gasteiger partial charge in [0.15, 0.2) is 0 Å². The van der Waals surface area contributed by atoms with Gasteiger partial charge < -0.3 is 15.0 Å². The Morgan fingerprint density at radius 3 is 2.80 bits per heavy atom. The molecule has 1 atom stereocenters. The monoisotopic (exact) mass is 271 g/mol. The fraction of sp³-hybridized carbons (Fsp3) is 0.438. The molecule has 1 aromatic heterocycles. The second-order valence-electron chi connectivity index (χ2n) is 5.33. The van der Waals surface area contributed by atoms with Crippen LogP contribution in [0.5, 0.6) is 0 Å². The Morgan fingerprint density at radius 2 is 2.10 bits per heavy atom. The largest absolute Gasteiger partial charge is 0.396 e. The summed E-state index contributed by atoms with van der Waals surface area (Å²) in [5.74, 6) is 0. The number of rotatable bonds is 4. The number of aliphatic hydroxyl groups excluding tert-OH is 1. The van der Waals surface area contributed by atoms with Crippen LogP contribution in [-0.4, -0.2) is 27.8 Å². The van der Waals surface area contributed by atoms with E-state index < -0.39 is 0 Å². The van der Waals surface area contributed by atoms with Crippen molar-refractivity contribution >= 4 is 0 Å². The molecule has 0 aliphatic carbocycles. The molecule has 20 heavy (non-hydrogen) atoms. The minimum Gasteiger partial charge on any atom is -0.396 e. The molecule has 1 fully saturated rings. The maximum absolute atomic E-state index is 8.96. The molecule has 4 heteroatoms. The summed E-state index contributed by atoms with van der Waals surface area (Å²) in [6.45, 7) is 1.28. The number of aromatic nitrogens is 2. The highest BCUT2D eigenvalue weighted by molar-refractivity contribution is 5.37. The normalized spacial score (nSPS) is 19.1. The van der Waals surface area contributed by atoms with Crippen molar-refractivity contribution in [3.05, 3.63) is 48.0 Å². The SMILES string of the molecule is OCCc1ccc(-n2cncc2C2CCCCN2)cc1. The van der Waals surface area contributed by atoms with Crippen molar-refractivity contribution in [1.29, 1.82) is 0 Å². The number of piperidine rings is 1. The van der Waals surface area contributed by atoms with Gasteiger partial charge in [-0.25, -0.2) is 4.98 Å². The quantitative estimate of drug-likeness (QED) is 0.896. The Balaban J connectivity index is 1.84. The van der Waals surface area contributed by atoms with E-state index in [9.17, 15) is 0 Å². The molecule has 1 aliphatic rings. The summed E-state index contributed by atoms with van der Waals surface area (Å²) in [5.41, 5.74) is 3.53. The standard InChI is InChI=1S/C16H21N3O/c20-10-8-13-4-6-14(7-5-13)19-12-17-11-16(19)15-3-1-2-9-18-15/h4-7,11-12,15,18,20H,1-3,8-10H2. The molecule has 0 bridgehead atoms. The molecule has 0 saturated carbocycles. The van der Waals surface area contributed by atoms with E-state index in [2.05, 4.69) is 39.1 Å². The van der Waals surface area contributed by atoms with Gasteiger partial charge >= 0.3 is 0 Å². The van der Waals surface area contributed by atoms with Crippen LogP contribution in [-0.2, 0) is 6.42 Å². The van der Waals surface area contributed by atoms with Crippen molar-refractivity contribution in [1.82, 2.24) is 14.9 Å². The lowest BCUT2D eigenvalue weighted by atomic mass is 10.0. The molecule has 0 spiro atoms. The molecule has 1 aliphatic heterocycles. The molecule has 2 heterocycles. The molecular weight excluding hydrogens is 250 g/mol. The van der Waals surface area contributed by atoms with Crippen LogP contribution in [0.3, 0.4) is 0 Å². The van der Waals surface area contributed by atoms with E-state index >= 15 is 0 Å². The van der Waals surface area contributed by atoms with Crippen molar-refractivity contribution in [2.45, 2.75) is 31.7 Å². The molecule has 106 valence electrons. The van der Waals surface area contributed by atoms with Crippen LogP contribution in [0, 0.1) is 0 Å². The molecule has 2 N–H and O–H groups in total. The second-order valence-corrected chi connectivity index (χ2v) is 5.33. The summed E-state index contributed by atoms with van der Waals surface area (Å²) < 4.78 is 2.16. The summed E-state index contributed by atoms with van der Waals surface area (Å²) in [5, 5.41) is 12.5. The lowest BCUT2D eigenvalue weighted by Gasteiger charge is -2.24. The first-order valence-corrected chi connectivity index (χ1v) is 7.34. The fourth-order valence-electron chi connectivity index (χ4n) is 2.84. The Labute approximate surface area is 119 Å². The number of hydrogen-bond acceptors (Lipinski definition) is 3. The Morgan fingerprint density at radius 1 is 1.25 bits per heavy atom. The molecular formula is C16H21N3O. The van der Waals surface area contributed by atoms with Crippen LogP contribution in [0.15, 0.2) is 36.8 Å². The number of hydrogen-bond donors (Lipinski definition) is 2. The smallest absolute Gasteiger partial charge is 0.0994 e. The third-order valence-corrected chi connectivity index (χ3v) is 3.95. The summed E-state index contributed by atoms with van der Waals surface area (Å²) in [6, 6.07) is 8.74. The van der Waals surface area contributed by atoms with Gasteiger partial charge in [-0.2, -0.15) is 0 Å².